The van der Waals surface area contributed by atoms with E-state index in [1.165, 1.54) is 5.56 Å². The summed E-state index contributed by atoms with van der Waals surface area (Å²) in [7, 11) is 0. The van der Waals surface area contributed by atoms with Crippen LogP contribution in [0, 0.1) is 6.92 Å². The molecule has 94 valence electrons. The van der Waals surface area contributed by atoms with Crippen molar-refractivity contribution in [1.29, 1.82) is 0 Å². The van der Waals surface area contributed by atoms with Gasteiger partial charge in [-0.25, -0.2) is 0 Å². The van der Waals surface area contributed by atoms with Crippen molar-refractivity contribution in [1.82, 2.24) is 0 Å². The van der Waals surface area contributed by atoms with Gasteiger partial charge in [-0.3, -0.25) is 0 Å². The smallest absolute Gasteiger partial charge is 0.119 e. The molecule has 2 nitrogen and oxygen atoms in total. The van der Waals surface area contributed by atoms with E-state index in [9.17, 15) is 0 Å². The number of nitrogens with two attached hydrogens (primary N) is 1. The topological polar surface area (TPSA) is 35.2 Å². The average Bonchev–Trinajstić information content (AvgIpc) is 2.33. The highest BCUT2D eigenvalue weighted by Crippen LogP contribution is 2.28. The molecule has 0 amide bonds. The van der Waals surface area contributed by atoms with Crippen molar-refractivity contribution in [2.75, 3.05) is 5.73 Å². The number of anilines is 1. The highest BCUT2D eigenvalue weighted by Gasteiger charge is 2.04. The highest BCUT2D eigenvalue weighted by molar-refractivity contribution is 5.77. The third kappa shape index (κ3) is 2.83. The first kappa shape index (κ1) is 12.5. The van der Waals surface area contributed by atoms with E-state index in [0.29, 0.717) is 0 Å². The van der Waals surface area contributed by atoms with E-state index in [4.69, 9.17) is 10.5 Å². The van der Waals surface area contributed by atoms with Gasteiger partial charge >= 0.3 is 0 Å². The summed E-state index contributed by atoms with van der Waals surface area (Å²) in [6, 6.07) is 14.1. The molecule has 0 aromatic heterocycles. The minimum absolute atomic E-state index is 0.194. The Bertz CT molecular complexity index is 529. The number of aryl methyl sites for hydroxylation is 1. The summed E-state index contributed by atoms with van der Waals surface area (Å²) >= 11 is 0. The lowest BCUT2D eigenvalue weighted by molar-refractivity contribution is 0.242. The van der Waals surface area contributed by atoms with E-state index in [-0.39, 0.29) is 6.10 Å². The Labute approximate surface area is 108 Å². The molecule has 0 heterocycles. The second-order valence-corrected chi connectivity index (χ2v) is 4.78. The summed E-state index contributed by atoms with van der Waals surface area (Å²) in [5, 5.41) is 0. The zero-order valence-electron chi connectivity index (χ0n) is 11.1. The molecular formula is C16H19NO. The molecule has 0 bridgehead atoms. The minimum atomic E-state index is 0.194. The third-order valence-electron chi connectivity index (χ3n) is 2.75. The van der Waals surface area contributed by atoms with Crippen molar-refractivity contribution in [3.05, 3.63) is 48.0 Å². The van der Waals surface area contributed by atoms with Crippen LogP contribution >= 0.6 is 0 Å². The van der Waals surface area contributed by atoms with Crippen LogP contribution in [0.1, 0.15) is 19.4 Å². The largest absolute Gasteiger partial charge is 0.491 e. The second kappa shape index (κ2) is 5.13. The van der Waals surface area contributed by atoms with Gasteiger partial charge in [-0.1, -0.05) is 23.8 Å². The Morgan fingerprint density at radius 2 is 1.67 bits per heavy atom. The zero-order valence-corrected chi connectivity index (χ0v) is 11.1. The van der Waals surface area contributed by atoms with Crippen molar-refractivity contribution >= 4 is 5.69 Å². The predicted molar refractivity (Wildman–Crippen MR) is 76.8 cm³/mol. The van der Waals surface area contributed by atoms with E-state index in [2.05, 4.69) is 13.0 Å². The number of benzene rings is 2. The predicted octanol–water partition coefficient (Wildman–Crippen LogP) is 4.03. The van der Waals surface area contributed by atoms with Crippen LogP contribution in [0.2, 0.25) is 0 Å². The molecule has 2 aromatic rings. The summed E-state index contributed by atoms with van der Waals surface area (Å²) < 4.78 is 5.63. The fraction of sp³-hybridized carbons (Fsp3) is 0.250. The Hall–Kier alpha value is -1.96. The molecule has 2 N–H and O–H groups in total. The molecule has 0 saturated heterocycles. The molecule has 2 aromatic carbocycles. The number of hydrogen-bond acceptors (Lipinski definition) is 2. The molecule has 0 unspecified atom stereocenters. The maximum Gasteiger partial charge on any atom is 0.119 e. The van der Waals surface area contributed by atoms with Crippen LogP contribution in [-0.4, -0.2) is 6.10 Å². The molecule has 0 aliphatic carbocycles. The molecule has 0 fully saturated rings. The van der Waals surface area contributed by atoms with Gasteiger partial charge in [0.05, 0.1) is 6.10 Å². The highest BCUT2D eigenvalue weighted by atomic mass is 16.5. The Balaban J connectivity index is 2.31. The molecule has 0 spiro atoms. The second-order valence-electron chi connectivity index (χ2n) is 4.78. The summed E-state index contributed by atoms with van der Waals surface area (Å²) in [4.78, 5) is 0. The van der Waals surface area contributed by atoms with Gasteiger partial charge in [-0.2, -0.15) is 0 Å². The van der Waals surface area contributed by atoms with Crippen molar-refractivity contribution in [2.24, 2.45) is 0 Å². The maximum absolute atomic E-state index is 6.01. The zero-order chi connectivity index (χ0) is 13.1. The normalized spacial score (nSPS) is 10.7. The van der Waals surface area contributed by atoms with Crippen molar-refractivity contribution in [3.63, 3.8) is 0 Å². The lowest BCUT2D eigenvalue weighted by atomic mass is 10.0. The first-order chi connectivity index (χ1) is 8.56. The molecular weight excluding hydrogens is 222 g/mol. The lowest BCUT2D eigenvalue weighted by Gasteiger charge is -2.11. The van der Waals surface area contributed by atoms with Crippen LogP contribution in [0.4, 0.5) is 5.69 Å². The molecule has 0 aliphatic rings. The van der Waals surface area contributed by atoms with Crippen LogP contribution in [0.3, 0.4) is 0 Å². The summed E-state index contributed by atoms with van der Waals surface area (Å²) in [5.74, 6) is 0.889. The van der Waals surface area contributed by atoms with Crippen LogP contribution in [0.5, 0.6) is 5.75 Å². The van der Waals surface area contributed by atoms with Gasteiger partial charge in [0.15, 0.2) is 0 Å². The molecule has 0 aliphatic heterocycles. The summed E-state index contributed by atoms with van der Waals surface area (Å²) in [5.41, 5.74) is 10.2. The standard InChI is InChI=1S/C16H19NO/c1-11(2)18-14-7-5-13(6-8-14)15-10-12(3)4-9-16(15)17/h4-11H,17H2,1-3H3. The Morgan fingerprint density at radius 1 is 1.00 bits per heavy atom. The minimum Gasteiger partial charge on any atom is -0.491 e. The SMILES string of the molecule is Cc1ccc(N)c(-c2ccc(OC(C)C)cc2)c1. The van der Waals surface area contributed by atoms with Gasteiger partial charge in [0.2, 0.25) is 0 Å². The summed E-state index contributed by atoms with van der Waals surface area (Å²) in [6.07, 6.45) is 0.194. The van der Waals surface area contributed by atoms with Crippen molar-refractivity contribution in [2.45, 2.75) is 26.9 Å². The van der Waals surface area contributed by atoms with Gasteiger partial charge in [0.1, 0.15) is 5.75 Å². The van der Waals surface area contributed by atoms with E-state index < -0.39 is 0 Å². The molecule has 0 atom stereocenters. The van der Waals surface area contributed by atoms with E-state index in [0.717, 1.165) is 22.6 Å². The quantitative estimate of drug-likeness (QED) is 0.823. The fourth-order valence-electron chi connectivity index (χ4n) is 1.91. The Kier molecular flexibility index (Phi) is 3.56. The number of nitrogen functional groups attached to an aromatic ring is 1. The monoisotopic (exact) mass is 241 g/mol. The first-order valence-electron chi connectivity index (χ1n) is 6.19. The van der Waals surface area contributed by atoms with Gasteiger partial charge in [-0.15, -0.1) is 0 Å². The summed E-state index contributed by atoms with van der Waals surface area (Å²) in [6.45, 7) is 6.11. The van der Waals surface area contributed by atoms with Gasteiger partial charge in [0, 0.05) is 11.3 Å². The number of rotatable bonds is 3. The van der Waals surface area contributed by atoms with Gasteiger partial charge in [-0.05, 0) is 50.6 Å². The third-order valence-corrected chi connectivity index (χ3v) is 2.75. The van der Waals surface area contributed by atoms with Crippen LogP contribution in [0.25, 0.3) is 11.1 Å². The molecule has 0 radical (unpaired) electrons. The lowest BCUT2D eigenvalue weighted by Crippen LogP contribution is -2.05. The van der Waals surface area contributed by atoms with Crippen LogP contribution < -0.4 is 10.5 Å². The molecule has 2 heteroatoms. The van der Waals surface area contributed by atoms with Gasteiger partial charge < -0.3 is 10.5 Å². The average molecular weight is 241 g/mol. The number of ether oxygens (including phenoxy) is 1. The first-order valence-corrected chi connectivity index (χ1v) is 6.19. The van der Waals surface area contributed by atoms with E-state index in [1.807, 2.05) is 50.2 Å². The number of hydrogen-bond donors (Lipinski definition) is 1. The van der Waals surface area contributed by atoms with Crippen molar-refractivity contribution < 1.29 is 4.74 Å². The van der Waals surface area contributed by atoms with Gasteiger partial charge in [0.25, 0.3) is 0 Å². The molecule has 18 heavy (non-hydrogen) atoms. The van der Waals surface area contributed by atoms with E-state index in [1.54, 1.807) is 0 Å². The van der Waals surface area contributed by atoms with Crippen LogP contribution in [0.15, 0.2) is 42.5 Å². The fourth-order valence-corrected chi connectivity index (χ4v) is 1.91. The molecule has 0 saturated carbocycles. The maximum atomic E-state index is 6.01. The Morgan fingerprint density at radius 3 is 2.28 bits per heavy atom. The van der Waals surface area contributed by atoms with Crippen LogP contribution in [-0.2, 0) is 0 Å². The molecule has 2 rings (SSSR count). The van der Waals surface area contributed by atoms with Crippen molar-refractivity contribution in [3.8, 4) is 16.9 Å². The van der Waals surface area contributed by atoms with E-state index >= 15 is 0 Å².